The maximum atomic E-state index is 13.6. The summed E-state index contributed by atoms with van der Waals surface area (Å²) in [7, 11) is 1.68. The maximum Gasteiger partial charge on any atom is 0.274 e. The van der Waals surface area contributed by atoms with Crippen LogP contribution in [0, 0.1) is 0 Å². The van der Waals surface area contributed by atoms with E-state index in [4.69, 9.17) is 9.84 Å². The summed E-state index contributed by atoms with van der Waals surface area (Å²) < 4.78 is 7.45. The number of β-amino-alcohol motifs (C(OH)–C–C–N with tert-alkyl or cyclic N) is 1. The zero-order valence-electron chi connectivity index (χ0n) is 21.2. The van der Waals surface area contributed by atoms with Crippen molar-refractivity contribution in [1.82, 2.24) is 24.5 Å². The molecule has 1 aromatic heterocycles. The number of amides is 1. The van der Waals surface area contributed by atoms with Crippen LogP contribution < -0.4 is 4.74 Å². The van der Waals surface area contributed by atoms with Crippen LogP contribution in [0.2, 0.25) is 0 Å². The van der Waals surface area contributed by atoms with Gasteiger partial charge >= 0.3 is 0 Å². The van der Waals surface area contributed by atoms with Crippen LogP contribution in [0.4, 0.5) is 0 Å². The molecular formula is C27H39N5O3. The van der Waals surface area contributed by atoms with Crippen LogP contribution in [0.3, 0.4) is 0 Å². The Labute approximate surface area is 208 Å². The molecular weight excluding hydrogens is 442 g/mol. The summed E-state index contributed by atoms with van der Waals surface area (Å²) in [6, 6.07) is 8.62. The van der Waals surface area contributed by atoms with E-state index in [1.54, 1.807) is 12.0 Å². The fourth-order valence-corrected chi connectivity index (χ4v) is 5.96. The summed E-state index contributed by atoms with van der Waals surface area (Å²) in [4.78, 5) is 20.5. The molecule has 8 heteroatoms. The molecule has 1 unspecified atom stereocenters. The second-order valence-electron chi connectivity index (χ2n) is 10.2. The summed E-state index contributed by atoms with van der Waals surface area (Å²) in [5, 5.41) is 15.1. The molecule has 8 nitrogen and oxygen atoms in total. The summed E-state index contributed by atoms with van der Waals surface area (Å²) in [6.45, 7) is 9.14. The second-order valence-corrected chi connectivity index (χ2v) is 10.2. The number of ether oxygens (including phenoxy) is 1. The summed E-state index contributed by atoms with van der Waals surface area (Å²) in [5.74, 6) is 0.791. The number of aliphatic hydroxyl groups excluding tert-OH is 1. The van der Waals surface area contributed by atoms with Crippen molar-refractivity contribution in [3.63, 3.8) is 0 Å². The number of fused-ring (bicyclic) bond motifs is 1. The average Bonchev–Trinajstić information content (AvgIpc) is 3.25. The molecule has 190 valence electrons. The van der Waals surface area contributed by atoms with Crippen molar-refractivity contribution in [2.24, 2.45) is 0 Å². The lowest BCUT2D eigenvalue weighted by Crippen LogP contribution is -2.47. The van der Waals surface area contributed by atoms with Gasteiger partial charge in [0.15, 0.2) is 5.69 Å². The van der Waals surface area contributed by atoms with Gasteiger partial charge in [-0.05, 0) is 63.0 Å². The smallest absolute Gasteiger partial charge is 0.274 e. The topological polar surface area (TPSA) is 74.1 Å². The molecule has 1 aromatic carbocycles. The van der Waals surface area contributed by atoms with E-state index >= 15 is 0 Å². The third-order valence-electron chi connectivity index (χ3n) is 8.04. The van der Waals surface area contributed by atoms with Gasteiger partial charge in [-0.1, -0.05) is 19.1 Å². The first-order valence-electron chi connectivity index (χ1n) is 13.2. The SMILES string of the molecule is CCN1CCC(N2CCc3c(c(C(=O)N4CCCC(O)C4)nn3Cc3cccc(OC)c3)C2)CC1. The Hall–Kier alpha value is -2.42. The molecule has 3 aliphatic rings. The molecule has 3 aliphatic heterocycles. The Balaban J connectivity index is 1.42. The number of benzene rings is 1. The fourth-order valence-electron chi connectivity index (χ4n) is 5.96. The van der Waals surface area contributed by atoms with Crippen LogP contribution in [-0.4, -0.2) is 94.0 Å². The first kappa shape index (κ1) is 24.3. The molecule has 0 bridgehead atoms. The molecule has 5 rings (SSSR count). The number of likely N-dealkylation sites (tertiary alicyclic amines) is 2. The van der Waals surface area contributed by atoms with Crippen molar-refractivity contribution >= 4 is 5.91 Å². The molecule has 2 fully saturated rings. The highest BCUT2D eigenvalue weighted by molar-refractivity contribution is 5.94. The van der Waals surface area contributed by atoms with Crippen molar-refractivity contribution in [2.45, 2.75) is 64.3 Å². The van der Waals surface area contributed by atoms with Crippen LogP contribution in [-0.2, 0) is 19.5 Å². The average molecular weight is 482 g/mol. The van der Waals surface area contributed by atoms with Crippen LogP contribution in [0.15, 0.2) is 24.3 Å². The number of carbonyl (C=O) groups excluding carboxylic acids is 1. The first-order valence-corrected chi connectivity index (χ1v) is 13.2. The Morgan fingerprint density at radius 1 is 1.17 bits per heavy atom. The molecule has 2 saturated heterocycles. The minimum absolute atomic E-state index is 0.0351. The van der Waals surface area contributed by atoms with Gasteiger partial charge in [0.1, 0.15) is 5.75 Å². The van der Waals surface area contributed by atoms with Crippen molar-refractivity contribution in [1.29, 1.82) is 0 Å². The minimum Gasteiger partial charge on any atom is -0.497 e. The number of aromatic nitrogens is 2. The van der Waals surface area contributed by atoms with E-state index in [1.807, 2.05) is 22.9 Å². The lowest BCUT2D eigenvalue weighted by molar-refractivity contribution is 0.0464. The summed E-state index contributed by atoms with van der Waals surface area (Å²) in [6.07, 6.45) is 4.42. The van der Waals surface area contributed by atoms with Gasteiger partial charge < -0.3 is 19.6 Å². The molecule has 35 heavy (non-hydrogen) atoms. The molecule has 2 aromatic rings. The van der Waals surface area contributed by atoms with E-state index in [2.05, 4.69) is 22.8 Å². The van der Waals surface area contributed by atoms with Crippen molar-refractivity contribution in [3.8, 4) is 5.75 Å². The number of nitrogens with zero attached hydrogens (tertiary/aromatic N) is 5. The van der Waals surface area contributed by atoms with Gasteiger partial charge in [0.05, 0.1) is 19.8 Å². The highest BCUT2D eigenvalue weighted by atomic mass is 16.5. The number of methoxy groups -OCH3 is 1. The van der Waals surface area contributed by atoms with E-state index in [0.717, 1.165) is 68.9 Å². The predicted octanol–water partition coefficient (Wildman–Crippen LogP) is 2.38. The molecule has 1 N–H and O–H groups in total. The van der Waals surface area contributed by atoms with Crippen LogP contribution in [0.1, 0.15) is 59.9 Å². The standard InChI is InChI=1S/C27H39N5O3/c1-3-29-13-9-21(10-14-29)30-15-11-25-24(19-30)26(27(34)31-12-5-7-22(33)18-31)28-32(25)17-20-6-4-8-23(16-20)35-2/h4,6,8,16,21-22,33H,3,5,7,9-15,17-19H2,1-2H3. The van der Waals surface area contributed by atoms with Crippen LogP contribution in [0.25, 0.3) is 0 Å². The van der Waals surface area contributed by atoms with E-state index in [1.165, 1.54) is 18.5 Å². The second kappa shape index (κ2) is 10.7. The third-order valence-corrected chi connectivity index (χ3v) is 8.04. The molecule has 0 spiro atoms. The van der Waals surface area contributed by atoms with Gasteiger partial charge in [0, 0.05) is 49.9 Å². The van der Waals surface area contributed by atoms with Gasteiger partial charge in [0.2, 0.25) is 0 Å². The van der Waals surface area contributed by atoms with Gasteiger partial charge in [-0.3, -0.25) is 14.4 Å². The lowest BCUT2D eigenvalue weighted by Gasteiger charge is -2.40. The zero-order chi connectivity index (χ0) is 24.4. The Bertz CT molecular complexity index is 1030. The molecule has 1 atom stereocenters. The molecule has 0 saturated carbocycles. The van der Waals surface area contributed by atoms with Crippen molar-refractivity contribution in [2.75, 3.05) is 46.4 Å². The molecule has 1 amide bonds. The molecule has 0 aliphatic carbocycles. The van der Waals surface area contributed by atoms with Crippen LogP contribution in [0.5, 0.6) is 5.75 Å². The lowest BCUT2D eigenvalue weighted by atomic mass is 9.97. The monoisotopic (exact) mass is 481 g/mol. The minimum atomic E-state index is -0.442. The Kier molecular flexibility index (Phi) is 7.41. The van der Waals surface area contributed by atoms with Crippen LogP contribution >= 0.6 is 0 Å². The van der Waals surface area contributed by atoms with E-state index < -0.39 is 6.10 Å². The highest BCUT2D eigenvalue weighted by Crippen LogP contribution is 2.29. The zero-order valence-corrected chi connectivity index (χ0v) is 21.2. The quantitative estimate of drug-likeness (QED) is 0.683. The van der Waals surface area contributed by atoms with E-state index in [9.17, 15) is 9.90 Å². The van der Waals surface area contributed by atoms with Gasteiger partial charge in [0.25, 0.3) is 5.91 Å². The highest BCUT2D eigenvalue weighted by Gasteiger charge is 2.34. The third kappa shape index (κ3) is 5.25. The summed E-state index contributed by atoms with van der Waals surface area (Å²) >= 11 is 0. The number of piperidine rings is 2. The predicted molar refractivity (Wildman–Crippen MR) is 135 cm³/mol. The Morgan fingerprint density at radius 3 is 2.74 bits per heavy atom. The van der Waals surface area contributed by atoms with Crippen molar-refractivity contribution < 1.29 is 14.6 Å². The normalized spacial score (nSPS) is 22.3. The fraction of sp³-hybridized carbons (Fsp3) is 0.630. The molecule has 0 radical (unpaired) electrons. The largest absolute Gasteiger partial charge is 0.497 e. The summed E-state index contributed by atoms with van der Waals surface area (Å²) in [5.41, 5.74) is 3.95. The Morgan fingerprint density at radius 2 is 2.00 bits per heavy atom. The van der Waals surface area contributed by atoms with E-state index in [0.29, 0.717) is 31.4 Å². The van der Waals surface area contributed by atoms with Gasteiger partial charge in [-0.2, -0.15) is 5.10 Å². The maximum absolute atomic E-state index is 13.6. The number of hydrogen-bond acceptors (Lipinski definition) is 6. The first-order chi connectivity index (χ1) is 17.1. The molecule has 4 heterocycles. The van der Waals surface area contributed by atoms with Gasteiger partial charge in [-0.25, -0.2) is 0 Å². The van der Waals surface area contributed by atoms with Crippen molar-refractivity contribution in [3.05, 3.63) is 46.8 Å². The van der Waals surface area contributed by atoms with Gasteiger partial charge in [-0.15, -0.1) is 0 Å². The number of hydrogen-bond donors (Lipinski definition) is 1. The van der Waals surface area contributed by atoms with E-state index in [-0.39, 0.29) is 5.91 Å². The number of aliphatic hydroxyl groups is 1. The number of rotatable bonds is 6. The number of carbonyl (C=O) groups is 1.